The number of likely N-dealkylation sites (tertiary alicyclic amines) is 1. The average molecular weight is 343 g/mol. The van der Waals surface area contributed by atoms with Crippen LogP contribution in [0, 0.1) is 0 Å². The van der Waals surface area contributed by atoms with Gasteiger partial charge in [-0.15, -0.1) is 11.3 Å². The summed E-state index contributed by atoms with van der Waals surface area (Å²) in [5.74, 6) is -0.102. The summed E-state index contributed by atoms with van der Waals surface area (Å²) < 4.78 is 0. The molecule has 3 rings (SSSR count). The minimum atomic E-state index is -0.213. The summed E-state index contributed by atoms with van der Waals surface area (Å²) in [7, 11) is 0. The van der Waals surface area contributed by atoms with E-state index in [1.165, 1.54) is 18.3 Å². The highest BCUT2D eigenvalue weighted by molar-refractivity contribution is 7.09. The zero-order valence-corrected chi connectivity index (χ0v) is 14.5. The van der Waals surface area contributed by atoms with E-state index in [1.54, 1.807) is 5.38 Å². The van der Waals surface area contributed by atoms with E-state index in [0.29, 0.717) is 12.1 Å². The predicted molar refractivity (Wildman–Crippen MR) is 94.0 cm³/mol. The van der Waals surface area contributed by atoms with Crippen molar-refractivity contribution in [1.82, 2.24) is 15.2 Å². The maximum atomic E-state index is 12.4. The van der Waals surface area contributed by atoms with Gasteiger partial charge in [-0.25, -0.2) is 4.98 Å². The van der Waals surface area contributed by atoms with Crippen LogP contribution in [0.1, 0.15) is 46.9 Å². The van der Waals surface area contributed by atoms with Gasteiger partial charge in [-0.3, -0.25) is 9.59 Å². The van der Waals surface area contributed by atoms with E-state index in [9.17, 15) is 9.59 Å². The van der Waals surface area contributed by atoms with Gasteiger partial charge in [0.2, 0.25) is 5.91 Å². The number of hydrogen-bond donors (Lipinski definition) is 1. The molecule has 0 saturated carbocycles. The van der Waals surface area contributed by atoms with Gasteiger partial charge in [0, 0.05) is 25.4 Å². The summed E-state index contributed by atoms with van der Waals surface area (Å²) in [6.45, 7) is 3.12. The molecule has 0 aliphatic carbocycles. The summed E-state index contributed by atoms with van der Waals surface area (Å²) in [6, 6.07) is 9.76. The summed E-state index contributed by atoms with van der Waals surface area (Å²) in [5, 5.41) is 5.53. The zero-order chi connectivity index (χ0) is 16.9. The van der Waals surface area contributed by atoms with Crippen LogP contribution in [0.4, 0.5) is 0 Å². The molecule has 6 heteroatoms. The lowest BCUT2D eigenvalue weighted by atomic mass is 10.1. The van der Waals surface area contributed by atoms with Crippen molar-refractivity contribution in [3.05, 3.63) is 52.0 Å². The van der Waals surface area contributed by atoms with E-state index in [2.05, 4.69) is 10.3 Å². The fraction of sp³-hybridized carbons (Fsp3) is 0.389. The molecule has 1 N–H and O–H groups in total. The molecule has 2 amide bonds. The van der Waals surface area contributed by atoms with E-state index >= 15 is 0 Å². The number of hydrogen-bond acceptors (Lipinski definition) is 4. The second kappa shape index (κ2) is 7.57. The Morgan fingerprint density at radius 1 is 1.25 bits per heavy atom. The number of nitrogens with zero attached hydrogens (tertiary/aromatic N) is 2. The molecule has 2 heterocycles. The second-order valence-corrected chi connectivity index (χ2v) is 6.90. The number of carbonyl (C=O) groups excluding carboxylic acids is 2. The minimum Gasteiger partial charge on any atom is -0.347 e. The molecule has 1 aromatic heterocycles. The predicted octanol–water partition coefficient (Wildman–Crippen LogP) is 2.80. The highest BCUT2D eigenvalue weighted by Crippen LogP contribution is 2.24. The van der Waals surface area contributed by atoms with Crippen molar-refractivity contribution >= 4 is 23.2 Å². The summed E-state index contributed by atoms with van der Waals surface area (Å²) >= 11 is 1.43. The Balaban J connectivity index is 1.77. The van der Waals surface area contributed by atoms with Gasteiger partial charge in [-0.05, 0) is 24.8 Å². The Bertz CT molecular complexity index is 708. The van der Waals surface area contributed by atoms with Crippen molar-refractivity contribution in [1.29, 1.82) is 0 Å². The quantitative estimate of drug-likeness (QED) is 0.908. The molecule has 0 spiro atoms. The van der Waals surface area contributed by atoms with E-state index in [1.807, 2.05) is 35.2 Å². The Morgan fingerprint density at radius 2 is 1.96 bits per heavy atom. The average Bonchev–Trinajstić information content (AvgIpc) is 3.26. The molecular weight excluding hydrogens is 322 g/mol. The van der Waals surface area contributed by atoms with Gasteiger partial charge < -0.3 is 10.2 Å². The van der Waals surface area contributed by atoms with Gasteiger partial charge in [0.05, 0.1) is 6.04 Å². The molecule has 0 unspecified atom stereocenters. The van der Waals surface area contributed by atoms with Crippen LogP contribution >= 0.6 is 11.3 Å². The van der Waals surface area contributed by atoms with Gasteiger partial charge in [0.1, 0.15) is 10.7 Å². The van der Waals surface area contributed by atoms with Gasteiger partial charge in [0.15, 0.2) is 0 Å². The largest absolute Gasteiger partial charge is 0.347 e. The van der Waals surface area contributed by atoms with Crippen LogP contribution in [-0.2, 0) is 11.2 Å². The van der Waals surface area contributed by atoms with Crippen molar-refractivity contribution < 1.29 is 9.59 Å². The third-order valence-electron chi connectivity index (χ3n) is 4.09. The molecule has 5 nitrogen and oxygen atoms in total. The topological polar surface area (TPSA) is 62.3 Å². The number of carbonyl (C=O) groups is 2. The van der Waals surface area contributed by atoms with Crippen molar-refractivity contribution in [2.75, 3.05) is 13.1 Å². The Labute approximate surface area is 145 Å². The molecule has 1 aliphatic heterocycles. The standard InChI is InChI=1S/C18H21N3O2S/c1-13(22)19-15(11-14-7-3-2-4-8-14)17-20-16(12-24-17)18(23)21-9-5-6-10-21/h2-4,7-8,12,15H,5-6,9-11H2,1H3,(H,19,22)/t15-/m0/s1. The highest BCUT2D eigenvalue weighted by Gasteiger charge is 2.24. The molecule has 126 valence electrons. The molecule has 0 radical (unpaired) electrons. The smallest absolute Gasteiger partial charge is 0.273 e. The van der Waals surface area contributed by atoms with E-state index in [0.717, 1.165) is 36.5 Å². The third-order valence-corrected chi connectivity index (χ3v) is 5.05. The van der Waals surface area contributed by atoms with Crippen LogP contribution in [0.5, 0.6) is 0 Å². The number of nitrogens with one attached hydrogen (secondary N) is 1. The molecule has 24 heavy (non-hydrogen) atoms. The van der Waals surface area contributed by atoms with Crippen molar-refractivity contribution in [2.24, 2.45) is 0 Å². The van der Waals surface area contributed by atoms with Gasteiger partial charge in [-0.1, -0.05) is 30.3 Å². The minimum absolute atomic E-state index is 0.00344. The van der Waals surface area contributed by atoms with E-state index in [4.69, 9.17) is 0 Å². The van der Waals surface area contributed by atoms with Crippen LogP contribution in [0.3, 0.4) is 0 Å². The molecular formula is C18H21N3O2S. The van der Waals surface area contributed by atoms with Gasteiger partial charge in [0.25, 0.3) is 5.91 Å². The molecule has 2 aromatic rings. The Morgan fingerprint density at radius 3 is 2.62 bits per heavy atom. The number of thiazole rings is 1. The van der Waals surface area contributed by atoms with Gasteiger partial charge in [-0.2, -0.15) is 0 Å². The fourth-order valence-electron chi connectivity index (χ4n) is 2.92. The maximum absolute atomic E-state index is 12.4. The van der Waals surface area contributed by atoms with Gasteiger partial charge >= 0.3 is 0 Å². The van der Waals surface area contributed by atoms with E-state index < -0.39 is 0 Å². The number of benzene rings is 1. The molecule has 0 bridgehead atoms. The van der Waals surface area contributed by atoms with Crippen molar-refractivity contribution in [2.45, 2.75) is 32.2 Å². The molecule has 1 aromatic carbocycles. The summed E-state index contributed by atoms with van der Waals surface area (Å²) in [5.41, 5.74) is 1.61. The van der Waals surface area contributed by atoms with Crippen LogP contribution in [0.2, 0.25) is 0 Å². The molecule has 1 saturated heterocycles. The van der Waals surface area contributed by atoms with Crippen molar-refractivity contribution in [3.63, 3.8) is 0 Å². The molecule has 1 atom stereocenters. The number of rotatable bonds is 5. The van der Waals surface area contributed by atoms with E-state index in [-0.39, 0.29) is 17.9 Å². The molecule has 1 aliphatic rings. The van der Waals surface area contributed by atoms with Crippen molar-refractivity contribution in [3.8, 4) is 0 Å². The number of amides is 2. The Kier molecular flexibility index (Phi) is 5.25. The van der Waals surface area contributed by atoms with Crippen LogP contribution < -0.4 is 5.32 Å². The highest BCUT2D eigenvalue weighted by atomic mass is 32.1. The lowest BCUT2D eigenvalue weighted by Crippen LogP contribution is -2.29. The SMILES string of the molecule is CC(=O)N[C@@H](Cc1ccccc1)c1nc(C(=O)N2CCCC2)cs1. The summed E-state index contributed by atoms with van der Waals surface area (Å²) in [6.07, 6.45) is 2.78. The third kappa shape index (κ3) is 4.00. The number of aromatic nitrogens is 1. The molecule has 1 fully saturated rings. The van der Waals surface area contributed by atoms with Crippen LogP contribution in [-0.4, -0.2) is 34.8 Å². The van der Waals surface area contributed by atoms with Crippen LogP contribution in [0.15, 0.2) is 35.7 Å². The lowest BCUT2D eigenvalue weighted by Gasteiger charge is -2.16. The zero-order valence-electron chi connectivity index (χ0n) is 13.7. The van der Waals surface area contributed by atoms with Crippen LogP contribution in [0.25, 0.3) is 0 Å². The normalized spacial score (nSPS) is 15.3. The fourth-order valence-corrected chi connectivity index (χ4v) is 3.77. The first-order valence-corrected chi connectivity index (χ1v) is 9.07. The monoisotopic (exact) mass is 343 g/mol. The first-order valence-electron chi connectivity index (χ1n) is 8.19. The maximum Gasteiger partial charge on any atom is 0.273 e. The second-order valence-electron chi connectivity index (χ2n) is 6.01. The first-order chi connectivity index (χ1) is 11.6. The Hall–Kier alpha value is -2.21. The first kappa shape index (κ1) is 16.6. The summed E-state index contributed by atoms with van der Waals surface area (Å²) in [4.78, 5) is 30.4. The lowest BCUT2D eigenvalue weighted by molar-refractivity contribution is -0.119.